The molecule has 0 heterocycles. The van der Waals surface area contributed by atoms with Gasteiger partial charge in [-0.15, -0.1) is 0 Å². The minimum absolute atomic E-state index is 0.106. The number of nitrogens with one attached hydrogen (secondary N) is 2. The maximum atomic E-state index is 12.3. The Kier molecular flexibility index (Phi) is 10.4. The van der Waals surface area contributed by atoms with Crippen molar-refractivity contribution in [2.24, 2.45) is 4.99 Å². The van der Waals surface area contributed by atoms with Gasteiger partial charge in [-0.3, -0.25) is 9.89 Å². The van der Waals surface area contributed by atoms with Gasteiger partial charge in [0.1, 0.15) is 0 Å². The van der Waals surface area contributed by atoms with E-state index >= 15 is 0 Å². The van der Waals surface area contributed by atoms with E-state index in [-0.39, 0.29) is 5.75 Å². The smallest absolute Gasteiger partial charge is 0.191 e. The molecular weight excluding hydrogens is 360 g/mol. The Morgan fingerprint density at radius 2 is 1.70 bits per heavy atom. The number of guanidine groups is 1. The molecule has 0 saturated carbocycles. The van der Waals surface area contributed by atoms with Gasteiger partial charge in [0.25, 0.3) is 0 Å². The number of rotatable bonds is 11. The van der Waals surface area contributed by atoms with Crippen LogP contribution >= 0.6 is 0 Å². The van der Waals surface area contributed by atoms with Gasteiger partial charge in [-0.2, -0.15) is 0 Å². The number of nitrogens with zero attached hydrogens (tertiary/aromatic N) is 2. The summed E-state index contributed by atoms with van der Waals surface area (Å²) in [6, 6.07) is 9.58. The second-order valence-corrected chi connectivity index (χ2v) is 9.21. The maximum Gasteiger partial charge on any atom is 0.191 e. The molecule has 0 spiro atoms. The molecule has 0 aliphatic carbocycles. The van der Waals surface area contributed by atoms with E-state index in [1.807, 2.05) is 13.0 Å². The van der Waals surface area contributed by atoms with Crippen LogP contribution in [0.4, 0.5) is 0 Å². The quantitative estimate of drug-likeness (QED) is 0.342. The lowest BCUT2D eigenvalue weighted by molar-refractivity contribution is 0.178. The molecule has 0 radical (unpaired) electrons. The Bertz CT molecular complexity index is 650. The first-order chi connectivity index (χ1) is 12.8. The van der Waals surface area contributed by atoms with Crippen LogP contribution in [0.15, 0.2) is 40.2 Å². The highest BCUT2D eigenvalue weighted by molar-refractivity contribution is 7.91. The first-order valence-electron chi connectivity index (χ1n) is 9.83. The average molecular weight is 397 g/mol. The summed E-state index contributed by atoms with van der Waals surface area (Å²) >= 11 is 0. The predicted molar refractivity (Wildman–Crippen MR) is 114 cm³/mol. The minimum Gasteiger partial charge on any atom is -0.357 e. The van der Waals surface area contributed by atoms with Crippen molar-refractivity contribution < 1.29 is 8.42 Å². The van der Waals surface area contributed by atoms with Crippen molar-refractivity contribution in [1.29, 1.82) is 0 Å². The molecule has 27 heavy (non-hydrogen) atoms. The second-order valence-electron chi connectivity index (χ2n) is 7.10. The van der Waals surface area contributed by atoms with E-state index in [1.54, 1.807) is 24.3 Å². The second kappa shape index (κ2) is 12.0. The molecule has 0 saturated heterocycles. The molecule has 0 aliphatic heterocycles. The topological polar surface area (TPSA) is 73.8 Å². The number of sulfone groups is 1. The van der Waals surface area contributed by atoms with E-state index in [4.69, 9.17) is 0 Å². The van der Waals surface area contributed by atoms with Crippen molar-refractivity contribution in [2.45, 2.75) is 58.0 Å². The van der Waals surface area contributed by atoms with E-state index in [1.165, 1.54) is 0 Å². The predicted octanol–water partition coefficient (Wildman–Crippen LogP) is 2.52. The van der Waals surface area contributed by atoms with Gasteiger partial charge in [-0.1, -0.05) is 18.2 Å². The third kappa shape index (κ3) is 8.75. The van der Waals surface area contributed by atoms with Gasteiger partial charge in [0, 0.05) is 38.3 Å². The van der Waals surface area contributed by atoms with E-state index in [0.717, 1.165) is 25.6 Å². The van der Waals surface area contributed by atoms with Crippen molar-refractivity contribution >= 4 is 15.8 Å². The molecule has 2 N–H and O–H groups in total. The van der Waals surface area contributed by atoms with Crippen LogP contribution in [0.1, 0.15) is 41.0 Å². The van der Waals surface area contributed by atoms with Crippen molar-refractivity contribution in [3.63, 3.8) is 0 Å². The molecule has 0 unspecified atom stereocenters. The molecule has 0 fully saturated rings. The molecule has 0 aliphatic rings. The maximum absolute atomic E-state index is 12.3. The Balaban J connectivity index is 2.49. The summed E-state index contributed by atoms with van der Waals surface area (Å²) < 4.78 is 24.6. The SMILES string of the molecule is CCNC(=NCCCS(=O)(=O)c1ccccc1)NCCN(C(C)C)C(C)C. The zero-order chi connectivity index (χ0) is 20.3. The van der Waals surface area contributed by atoms with Crippen LogP contribution in [0.5, 0.6) is 0 Å². The Labute approximate surface area is 165 Å². The molecule has 1 aromatic carbocycles. The van der Waals surface area contributed by atoms with Crippen LogP contribution in [0, 0.1) is 0 Å². The standard InChI is InChI=1S/C20H36N4O2S/c1-6-21-20(23-14-15-24(17(2)3)18(4)5)22-13-10-16-27(25,26)19-11-8-7-9-12-19/h7-9,11-12,17-18H,6,10,13-16H2,1-5H3,(H2,21,22,23). The fraction of sp³-hybridized carbons (Fsp3) is 0.650. The highest BCUT2D eigenvalue weighted by Gasteiger charge is 2.14. The van der Waals surface area contributed by atoms with Crippen LogP contribution in [0.2, 0.25) is 0 Å². The third-order valence-electron chi connectivity index (χ3n) is 4.28. The van der Waals surface area contributed by atoms with E-state index in [9.17, 15) is 8.42 Å². The number of benzene rings is 1. The molecule has 0 amide bonds. The van der Waals surface area contributed by atoms with Crippen LogP contribution in [0.25, 0.3) is 0 Å². The molecule has 154 valence electrons. The first-order valence-corrected chi connectivity index (χ1v) is 11.5. The highest BCUT2D eigenvalue weighted by Crippen LogP contribution is 2.11. The Morgan fingerprint density at radius 3 is 2.26 bits per heavy atom. The van der Waals surface area contributed by atoms with Gasteiger partial charge in [-0.25, -0.2) is 8.42 Å². The molecule has 6 nitrogen and oxygen atoms in total. The summed E-state index contributed by atoms with van der Waals surface area (Å²) in [5, 5.41) is 6.55. The molecule has 0 bridgehead atoms. The lowest BCUT2D eigenvalue weighted by Crippen LogP contribution is -2.45. The molecule has 7 heteroatoms. The van der Waals surface area contributed by atoms with Crippen LogP contribution in [-0.2, 0) is 9.84 Å². The third-order valence-corrected chi connectivity index (χ3v) is 6.09. The highest BCUT2D eigenvalue weighted by atomic mass is 32.2. The summed E-state index contributed by atoms with van der Waals surface area (Å²) in [6.45, 7) is 13.8. The summed E-state index contributed by atoms with van der Waals surface area (Å²) in [4.78, 5) is 7.30. The fourth-order valence-electron chi connectivity index (χ4n) is 2.95. The largest absolute Gasteiger partial charge is 0.357 e. The number of aliphatic imine (C=N–C) groups is 1. The van der Waals surface area contributed by atoms with Gasteiger partial charge in [0.05, 0.1) is 10.6 Å². The number of hydrogen-bond acceptors (Lipinski definition) is 4. The first kappa shape index (κ1) is 23.4. The van der Waals surface area contributed by atoms with Gasteiger partial charge in [0.15, 0.2) is 15.8 Å². The van der Waals surface area contributed by atoms with Crippen LogP contribution < -0.4 is 10.6 Å². The van der Waals surface area contributed by atoms with Crippen molar-refractivity contribution in [2.75, 3.05) is 31.9 Å². The molecule has 0 aromatic heterocycles. The van der Waals surface area contributed by atoms with Crippen molar-refractivity contribution in [3.8, 4) is 0 Å². The van der Waals surface area contributed by atoms with E-state index < -0.39 is 9.84 Å². The summed E-state index contributed by atoms with van der Waals surface area (Å²) in [7, 11) is -3.23. The van der Waals surface area contributed by atoms with E-state index in [2.05, 4.69) is 48.2 Å². The average Bonchev–Trinajstić information content (AvgIpc) is 2.62. The van der Waals surface area contributed by atoms with Crippen LogP contribution in [-0.4, -0.2) is 63.3 Å². The molecule has 1 rings (SSSR count). The lowest BCUT2D eigenvalue weighted by atomic mass is 10.2. The van der Waals surface area contributed by atoms with E-state index in [0.29, 0.717) is 29.9 Å². The van der Waals surface area contributed by atoms with Gasteiger partial charge in [0.2, 0.25) is 0 Å². The zero-order valence-corrected chi connectivity index (χ0v) is 18.2. The Hall–Kier alpha value is -1.60. The monoisotopic (exact) mass is 396 g/mol. The molecule has 0 atom stereocenters. The number of hydrogen-bond donors (Lipinski definition) is 2. The zero-order valence-electron chi connectivity index (χ0n) is 17.4. The van der Waals surface area contributed by atoms with Crippen LogP contribution in [0.3, 0.4) is 0 Å². The summed E-state index contributed by atoms with van der Waals surface area (Å²) in [6.07, 6.45) is 0.498. The lowest BCUT2D eigenvalue weighted by Gasteiger charge is -2.30. The van der Waals surface area contributed by atoms with Gasteiger partial charge < -0.3 is 10.6 Å². The molecule has 1 aromatic rings. The van der Waals surface area contributed by atoms with Gasteiger partial charge in [-0.05, 0) is 53.2 Å². The van der Waals surface area contributed by atoms with Gasteiger partial charge >= 0.3 is 0 Å². The van der Waals surface area contributed by atoms with Crippen molar-refractivity contribution in [1.82, 2.24) is 15.5 Å². The van der Waals surface area contributed by atoms with Crippen molar-refractivity contribution in [3.05, 3.63) is 30.3 Å². The Morgan fingerprint density at radius 1 is 1.07 bits per heavy atom. The minimum atomic E-state index is -3.23. The summed E-state index contributed by atoms with van der Waals surface area (Å²) in [5.41, 5.74) is 0. The molecular formula is C20H36N4O2S. The normalized spacial score (nSPS) is 12.8. The summed E-state index contributed by atoms with van der Waals surface area (Å²) in [5.74, 6) is 0.844. The fourth-order valence-corrected chi connectivity index (χ4v) is 4.27.